The molecule has 1 aromatic carbocycles. The fourth-order valence-corrected chi connectivity index (χ4v) is 0.908. The average molecular weight is 206 g/mol. The summed E-state index contributed by atoms with van der Waals surface area (Å²) in [7, 11) is 1.32. The highest BCUT2D eigenvalue weighted by atomic mass is 19.4. The Morgan fingerprint density at radius 1 is 1.21 bits per heavy atom. The normalized spacial score (nSPS) is 12.4. The van der Waals surface area contributed by atoms with Gasteiger partial charge in [0.15, 0.2) is 0 Å². The molecule has 0 N–H and O–H groups in total. The van der Waals surface area contributed by atoms with Gasteiger partial charge in [0.25, 0.3) is 0 Å². The standard InChI is InChI=1S/C8H6F4N2/c1-13-14-5-2-3-7(9)6(4-5)8(10,11)12/h2-4H,1H3. The number of hydrogen-bond donors (Lipinski definition) is 0. The van der Waals surface area contributed by atoms with Crippen molar-refractivity contribution in [2.24, 2.45) is 10.2 Å². The fraction of sp³-hybridized carbons (Fsp3) is 0.250. The van der Waals surface area contributed by atoms with Gasteiger partial charge in [-0.1, -0.05) is 0 Å². The molecule has 0 radical (unpaired) electrons. The first-order valence-corrected chi connectivity index (χ1v) is 3.61. The van der Waals surface area contributed by atoms with Gasteiger partial charge in [-0.2, -0.15) is 23.4 Å². The average Bonchev–Trinajstić information content (AvgIpc) is 2.07. The zero-order valence-corrected chi connectivity index (χ0v) is 7.14. The number of rotatable bonds is 1. The van der Waals surface area contributed by atoms with E-state index in [0.29, 0.717) is 12.1 Å². The van der Waals surface area contributed by atoms with Gasteiger partial charge in [-0.05, 0) is 18.2 Å². The third kappa shape index (κ3) is 2.27. The van der Waals surface area contributed by atoms with Gasteiger partial charge in [-0.15, -0.1) is 0 Å². The van der Waals surface area contributed by atoms with Crippen LogP contribution in [-0.4, -0.2) is 7.05 Å². The third-order valence-corrected chi connectivity index (χ3v) is 1.47. The minimum atomic E-state index is -4.71. The van der Waals surface area contributed by atoms with Crippen LogP contribution in [0.3, 0.4) is 0 Å². The van der Waals surface area contributed by atoms with Crippen LogP contribution in [0.15, 0.2) is 28.4 Å². The van der Waals surface area contributed by atoms with E-state index in [-0.39, 0.29) is 5.69 Å². The van der Waals surface area contributed by atoms with E-state index in [4.69, 9.17) is 0 Å². The van der Waals surface area contributed by atoms with Crippen molar-refractivity contribution in [1.29, 1.82) is 0 Å². The lowest BCUT2D eigenvalue weighted by molar-refractivity contribution is -0.139. The van der Waals surface area contributed by atoms with Crippen LogP contribution < -0.4 is 0 Å². The minimum absolute atomic E-state index is 0.0266. The molecule has 0 amide bonds. The molecule has 0 unspecified atom stereocenters. The first kappa shape index (κ1) is 10.6. The van der Waals surface area contributed by atoms with Crippen LogP contribution in [0.4, 0.5) is 23.2 Å². The summed E-state index contributed by atoms with van der Waals surface area (Å²) in [6.45, 7) is 0. The van der Waals surface area contributed by atoms with Gasteiger partial charge in [-0.25, -0.2) is 4.39 Å². The molecule has 0 fully saturated rings. The zero-order valence-electron chi connectivity index (χ0n) is 7.14. The number of alkyl halides is 3. The van der Waals surface area contributed by atoms with Gasteiger partial charge >= 0.3 is 6.18 Å². The lowest BCUT2D eigenvalue weighted by atomic mass is 10.2. The summed E-state index contributed by atoms with van der Waals surface area (Å²) in [5.41, 5.74) is -1.36. The molecule has 0 bridgehead atoms. The van der Waals surface area contributed by atoms with Crippen LogP contribution >= 0.6 is 0 Å². The predicted octanol–water partition coefficient (Wildman–Crippen LogP) is 3.56. The number of benzene rings is 1. The summed E-state index contributed by atoms with van der Waals surface area (Å²) < 4.78 is 49.2. The van der Waals surface area contributed by atoms with Gasteiger partial charge in [0, 0.05) is 7.05 Å². The maximum Gasteiger partial charge on any atom is 0.419 e. The van der Waals surface area contributed by atoms with Crippen molar-refractivity contribution in [3.05, 3.63) is 29.6 Å². The molecule has 1 rings (SSSR count). The van der Waals surface area contributed by atoms with Crippen molar-refractivity contribution in [3.8, 4) is 0 Å². The first-order valence-electron chi connectivity index (χ1n) is 3.61. The van der Waals surface area contributed by atoms with Gasteiger partial charge in [-0.3, -0.25) is 0 Å². The molecule has 0 aliphatic rings. The van der Waals surface area contributed by atoms with Gasteiger partial charge in [0.1, 0.15) is 5.82 Å². The smallest absolute Gasteiger partial charge is 0.206 e. The molecule has 1 aromatic rings. The molecule has 0 aliphatic heterocycles. The summed E-state index contributed by atoms with van der Waals surface area (Å²) in [6.07, 6.45) is -4.71. The molecule has 0 atom stereocenters. The van der Waals surface area contributed by atoms with Crippen LogP contribution in [0.1, 0.15) is 5.56 Å². The van der Waals surface area contributed by atoms with E-state index >= 15 is 0 Å². The van der Waals surface area contributed by atoms with Crippen molar-refractivity contribution in [2.75, 3.05) is 7.05 Å². The minimum Gasteiger partial charge on any atom is -0.206 e. The van der Waals surface area contributed by atoms with Crippen LogP contribution in [0.5, 0.6) is 0 Å². The Labute approximate surface area is 77.3 Å². The number of azo groups is 1. The second kappa shape index (κ2) is 3.73. The number of hydrogen-bond acceptors (Lipinski definition) is 2. The summed E-state index contributed by atoms with van der Waals surface area (Å²) in [5, 5.41) is 6.67. The maximum atomic E-state index is 12.7. The monoisotopic (exact) mass is 206 g/mol. The molecule has 14 heavy (non-hydrogen) atoms. The van der Waals surface area contributed by atoms with E-state index in [1.54, 1.807) is 0 Å². The van der Waals surface area contributed by atoms with E-state index in [0.717, 1.165) is 6.07 Å². The van der Waals surface area contributed by atoms with Crippen LogP contribution in [-0.2, 0) is 6.18 Å². The van der Waals surface area contributed by atoms with Gasteiger partial charge < -0.3 is 0 Å². The Morgan fingerprint density at radius 3 is 2.36 bits per heavy atom. The molecule has 0 aromatic heterocycles. The second-order valence-corrected chi connectivity index (χ2v) is 2.46. The lowest BCUT2D eigenvalue weighted by Crippen LogP contribution is -2.07. The third-order valence-electron chi connectivity index (χ3n) is 1.47. The van der Waals surface area contributed by atoms with Crippen LogP contribution in [0.2, 0.25) is 0 Å². The molecule has 76 valence electrons. The van der Waals surface area contributed by atoms with Crippen molar-refractivity contribution in [2.45, 2.75) is 6.18 Å². The predicted molar refractivity (Wildman–Crippen MR) is 41.8 cm³/mol. The molecular formula is C8H6F4N2. The van der Waals surface area contributed by atoms with E-state index in [2.05, 4.69) is 10.2 Å². The Balaban J connectivity index is 3.22. The topological polar surface area (TPSA) is 24.7 Å². The van der Waals surface area contributed by atoms with Crippen molar-refractivity contribution >= 4 is 5.69 Å². The summed E-state index contributed by atoms with van der Waals surface area (Å²) in [6, 6.07) is 2.45. The van der Waals surface area contributed by atoms with E-state index in [9.17, 15) is 17.6 Å². The highest BCUT2D eigenvalue weighted by Crippen LogP contribution is 2.33. The second-order valence-electron chi connectivity index (χ2n) is 2.46. The maximum absolute atomic E-state index is 12.7. The summed E-state index contributed by atoms with van der Waals surface area (Å²) >= 11 is 0. The molecule has 2 nitrogen and oxygen atoms in total. The Kier molecular flexibility index (Phi) is 2.83. The summed E-state index contributed by atoms with van der Waals surface area (Å²) in [4.78, 5) is 0. The molecule has 0 aliphatic carbocycles. The summed E-state index contributed by atoms with van der Waals surface area (Å²) in [5.74, 6) is -1.31. The number of halogens is 4. The Hall–Kier alpha value is -1.46. The van der Waals surface area contributed by atoms with Crippen molar-refractivity contribution in [1.82, 2.24) is 0 Å². The van der Waals surface area contributed by atoms with E-state index in [1.807, 2.05) is 0 Å². The molecule has 6 heteroatoms. The highest BCUT2D eigenvalue weighted by molar-refractivity contribution is 5.41. The van der Waals surface area contributed by atoms with Crippen LogP contribution in [0, 0.1) is 5.82 Å². The molecular weight excluding hydrogens is 200 g/mol. The van der Waals surface area contributed by atoms with E-state index in [1.165, 1.54) is 7.05 Å². The van der Waals surface area contributed by atoms with Gasteiger partial charge in [0.2, 0.25) is 0 Å². The van der Waals surface area contributed by atoms with E-state index < -0.39 is 17.6 Å². The largest absolute Gasteiger partial charge is 0.419 e. The van der Waals surface area contributed by atoms with Crippen molar-refractivity contribution in [3.63, 3.8) is 0 Å². The molecule has 0 spiro atoms. The van der Waals surface area contributed by atoms with Crippen LogP contribution in [0.25, 0.3) is 0 Å². The Morgan fingerprint density at radius 2 is 1.86 bits per heavy atom. The fourth-order valence-electron chi connectivity index (χ4n) is 0.908. The molecule has 0 saturated carbocycles. The molecule has 0 saturated heterocycles. The molecule has 0 heterocycles. The van der Waals surface area contributed by atoms with Gasteiger partial charge in [0.05, 0.1) is 11.3 Å². The lowest BCUT2D eigenvalue weighted by Gasteiger charge is -2.07. The highest BCUT2D eigenvalue weighted by Gasteiger charge is 2.34. The quantitative estimate of drug-likeness (QED) is 0.495. The van der Waals surface area contributed by atoms with Crippen molar-refractivity contribution < 1.29 is 17.6 Å². The zero-order chi connectivity index (χ0) is 10.8. The Bertz CT molecular complexity index is 357. The first-order chi connectivity index (χ1) is 6.45. The SMILES string of the molecule is CN=Nc1ccc(F)c(C(F)(F)F)c1. The number of nitrogens with zero attached hydrogens (tertiary/aromatic N) is 2.